The van der Waals surface area contributed by atoms with Crippen LogP contribution in [0.1, 0.15) is 11.1 Å². The third-order valence-electron chi connectivity index (χ3n) is 4.18. The molecule has 0 bridgehead atoms. The van der Waals surface area contributed by atoms with Crippen molar-refractivity contribution in [1.82, 2.24) is 0 Å². The molecule has 0 aromatic heterocycles. The van der Waals surface area contributed by atoms with E-state index < -0.39 is 0 Å². The molecular formula is C22H18O3. The highest BCUT2D eigenvalue weighted by molar-refractivity contribution is 5.78. The van der Waals surface area contributed by atoms with Gasteiger partial charge in [-0.25, -0.2) is 0 Å². The number of hydrogen-bond acceptors (Lipinski definition) is 3. The summed E-state index contributed by atoms with van der Waals surface area (Å²) in [5, 5.41) is 0. The summed E-state index contributed by atoms with van der Waals surface area (Å²) in [6.07, 6.45) is 1.83. The summed E-state index contributed by atoms with van der Waals surface area (Å²) in [5.41, 5.74) is 4.31. The Morgan fingerprint density at radius 1 is 0.920 bits per heavy atom. The van der Waals surface area contributed by atoms with Crippen LogP contribution < -0.4 is 14.2 Å². The first kappa shape index (κ1) is 15.3. The van der Waals surface area contributed by atoms with Crippen molar-refractivity contribution >= 4 is 6.08 Å². The molecule has 3 aromatic carbocycles. The molecule has 25 heavy (non-hydrogen) atoms. The van der Waals surface area contributed by atoms with Crippen molar-refractivity contribution in [3.05, 3.63) is 84.4 Å². The Morgan fingerprint density at radius 2 is 1.64 bits per heavy atom. The van der Waals surface area contributed by atoms with Crippen LogP contribution in [-0.2, 0) is 6.61 Å². The predicted octanol–water partition coefficient (Wildman–Crippen LogP) is 5.30. The molecule has 1 aliphatic heterocycles. The topological polar surface area (TPSA) is 27.7 Å². The summed E-state index contributed by atoms with van der Waals surface area (Å²) < 4.78 is 16.8. The molecule has 0 N–H and O–H groups in total. The Labute approximate surface area is 147 Å². The number of fused-ring (bicyclic) bond motifs is 1. The van der Waals surface area contributed by atoms with E-state index in [1.807, 2.05) is 60.7 Å². The summed E-state index contributed by atoms with van der Waals surface area (Å²) in [4.78, 5) is 0. The van der Waals surface area contributed by atoms with Crippen molar-refractivity contribution in [3.63, 3.8) is 0 Å². The van der Waals surface area contributed by atoms with Crippen LogP contribution in [0, 0.1) is 0 Å². The molecule has 0 aliphatic carbocycles. The fourth-order valence-electron chi connectivity index (χ4n) is 2.85. The van der Waals surface area contributed by atoms with Crippen molar-refractivity contribution in [2.45, 2.75) is 6.61 Å². The third kappa shape index (κ3) is 3.22. The SMILES string of the molecule is C=Cc1cc2c(cc1-c1ccc(OCc3ccccc3)cc1)OCO2. The summed E-state index contributed by atoms with van der Waals surface area (Å²) in [6.45, 7) is 4.73. The zero-order valence-corrected chi connectivity index (χ0v) is 13.8. The largest absolute Gasteiger partial charge is 0.489 e. The van der Waals surface area contributed by atoms with Crippen LogP contribution in [0.2, 0.25) is 0 Å². The van der Waals surface area contributed by atoms with Crippen molar-refractivity contribution in [2.24, 2.45) is 0 Å². The minimum atomic E-state index is 0.266. The normalized spacial score (nSPS) is 12.0. The van der Waals surface area contributed by atoms with Gasteiger partial charge in [0.05, 0.1) is 0 Å². The molecular weight excluding hydrogens is 312 g/mol. The molecule has 1 aliphatic rings. The van der Waals surface area contributed by atoms with Gasteiger partial charge in [-0.05, 0) is 46.5 Å². The monoisotopic (exact) mass is 330 g/mol. The predicted molar refractivity (Wildman–Crippen MR) is 98.9 cm³/mol. The number of hydrogen-bond donors (Lipinski definition) is 0. The van der Waals surface area contributed by atoms with Crippen LogP contribution >= 0.6 is 0 Å². The lowest BCUT2D eigenvalue weighted by Crippen LogP contribution is -1.94. The zero-order valence-electron chi connectivity index (χ0n) is 13.8. The Balaban J connectivity index is 1.55. The maximum absolute atomic E-state index is 5.85. The van der Waals surface area contributed by atoms with Gasteiger partial charge in [0, 0.05) is 0 Å². The van der Waals surface area contributed by atoms with Gasteiger partial charge in [0.15, 0.2) is 11.5 Å². The lowest BCUT2D eigenvalue weighted by molar-refractivity contribution is 0.174. The highest BCUT2D eigenvalue weighted by Crippen LogP contribution is 2.39. The van der Waals surface area contributed by atoms with E-state index in [0.717, 1.165) is 39.5 Å². The maximum atomic E-state index is 5.85. The Hall–Kier alpha value is -3.20. The van der Waals surface area contributed by atoms with E-state index in [0.29, 0.717) is 6.61 Å². The second kappa shape index (κ2) is 6.73. The van der Waals surface area contributed by atoms with Gasteiger partial charge in [0.2, 0.25) is 6.79 Å². The summed E-state index contributed by atoms with van der Waals surface area (Å²) in [5.74, 6) is 2.37. The van der Waals surface area contributed by atoms with E-state index in [1.54, 1.807) is 0 Å². The highest BCUT2D eigenvalue weighted by Gasteiger charge is 2.17. The van der Waals surface area contributed by atoms with E-state index in [4.69, 9.17) is 14.2 Å². The van der Waals surface area contributed by atoms with E-state index in [-0.39, 0.29) is 6.79 Å². The van der Waals surface area contributed by atoms with E-state index in [1.165, 1.54) is 0 Å². The second-order valence-corrected chi connectivity index (χ2v) is 5.80. The zero-order chi connectivity index (χ0) is 17.1. The summed E-state index contributed by atoms with van der Waals surface area (Å²) in [6, 6.07) is 22.1. The molecule has 0 saturated heterocycles. The molecule has 4 rings (SSSR count). The van der Waals surface area contributed by atoms with Crippen molar-refractivity contribution < 1.29 is 14.2 Å². The van der Waals surface area contributed by atoms with Gasteiger partial charge in [-0.15, -0.1) is 0 Å². The third-order valence-corrected chi connectivity index (χ3v) is 4.18. The first-order chi connectivity index (χ1) is 12.3. The van der Waals surface area contributed by atoms with Gasteiger partial charge in [-0.3, -0.25) is 0 Å². The van der Waals surface area contributed by atoms with Gasteiger partial charge in [0.1, 0.15) is 12.4 Å². The van der Waals surface area contributed by atoms with Gasteiger partial charge in [0.25, 0.3) is 0 Å². The lowest BCUT2D eigenvalue weighted by Gasteiger charge is -2.10. The minimum Gasteiger partial charge on any atom is -0.489 e. The number of rotatable bonds is 5. The van der Waals surface area contributed by atoms with Crippen LogP contribution in [0.25, 0.3) is 17.2 Å². The van der Waals surface area contributed by atoms with E-state index in [9.17, 15) is 0 Å². The molecule has 0 spiro atoms. The molecule has 0 saturated carbocycles. The molecule has 0 radical (unpaired) electrons. The quantitative estimate of drug-likeness (QED) is 0.635. The fourth-order valence-corrected chi connectivity index (χ4v) is 2.85. The molecule has 0 unspecified atom stereocenters. The average molecular weight is 330 g/mol. The highest BCUT2D eigenvalue weighted by atomic mass is 16.7. The van der Waals surface area contributed by atoms with Crippen LogP contribution in [0.15, 0.2) is 73.3 Å². The Kier molecular flexibility index (Phi) is 4.13. The smallest absolute Gasteiger partial charge is 0.231 e. The van der Waals surface area contributed by atoms with Gasteiger partial charge >= 0.3 is 0 Å². The molecule has 0 atom stereocenters. The van der Waals surface area contributed by atoms with Crippen molar-refractivity contribution in [3.8, 4) is 28.4 Å². The van der Waals surface area contributed by atoms with Crippen LogP contribution in [0.5, 0.6) is 17.2 Å². The average Bonchev–Trinajstić information content (AvgIpc) is 3.14. The number of ether oxygens (including phenoxy) is 3. The van der Waals surface area contributed by atoms with Crippen molar-refractivity contribution in [2.75, 3.05) is 6.79 Å². The standard InChI is InChI=1S/C22H18O3/c1-2-17-12-21-22(25-15-24-21)13-20(17)18-8-10-19(11-9-18)23-14-16-6-4-3-5-7-16/h2-13H,1,14-15H2. The van der Waals surface area contributed by atoms with Crippen LogP contribution in [-0.4, -0.2) is 6.79 Å². The molecule has 3 heteroatoms. The fraction of sp³-hybridized carbons (Fsp3) is 0.0909. The second-order valence-electron chi connectivity index (χ2n) is 5.80. The molecule has 3 aromatic rings. The molecule has 0 amide bonds. The Morgan fingerprint density at radius 3 is 2.36 bits per heavy atom. The summed E-state index contributed by atoms with van der Waals surface area (Å²) in [7, 11) is 0. The first-order valence-corrected chi connectivity index (χ1v) is 8.17. The van der Waals surface area contributed by atoms with E-state index in [2.05, 4.69) is 18.7 Å². The summed E-state index contributed by atoms with van der Waals surface area (Å²) >= 11 is 0. The van der Waals surface area contributed by atoms with Crippen LogP contribution in [0.3, 0.4) is 0 Å². The van der Waals surface area contributed by atoms with Gasteiger partial charge < -0.3 is 14.2 Å². The minimum absolute atomic E-state index is 0.266. The van der Waals surface area contributed by atoms with Crippen LogP contribution in [0.4, 0.5) is 0 Å². The first-order valence-electron chi connectivity index (χ1n) is 8.17. The molecule has 0 fully saturated rings. The lowest BCUT2D eigenvalue weighted by atomic mass is 9.99. The van der Waals surface area contributed by atoms with Crippen molar-refractivity contribution in [1.29, 1.82) is 0 Å². The van der Waals surface area contributed by atoms with E-state index >= 15 is 0 Å². The molecule has 1 heterocycles. The maximum Gasteiger partial charge on any atom is 0.231 e. The van der Waals surface area contributed by atoms with Gasteiger partial charge in [-0.1, -0.05) is 55.1 Å². The van der Waals surface area contributed by atoms with Gasteiger partial charge in [-0.2, -0.15) is 0 Å². The number of benzene rings is 3. The molecule has 3 nitrogen and oxygen atoms in total. The Bertz CT molecular complexity index is 883. The molecule has 124 valence electrons.